The van der Waals surface area contributed by atoms with Crippen LogP contribution in [0, 0.1) is 0 Å². The van der Waals surface area contributed by atoms with Gasteiger partial charge in [0, 0.05) is 17.8 Å². The summed E-state index contributed by atoms with van der Waals surface area (Å²) >= 11 is 3.25. The van der Waals surface area contributed by atoms with E-state index in [0.717, 1.165) is 5.69 Å². The van der Waals surface area contributed by atoms with Gasteiger partial charge in [0.15, 0.2) is 9.84 Å². The van der Waals surface area contributed by atoms with Crippen LogP contribution in [-0.2, 0) is 15.2 Å². The molecule has 6 heteroatoms. The summed E-state index contributed by atoms with van der Waals surface area (Å²) in [5.74, 6) is 0.351. The number of rotatable bonds is 3. The molecular weight excluding hydrogens is 268 g/mol. The number of hydrogen-bond donors (Lipinski definition) is 0. The lowest BCUT2D eigenvalue weighted by atomic mass is 10.4. The highest BCUT2D eigenvalue weighted by atomic mass is 79.9. The van der Waals surface area contributed by atoms with Crippen molar-refractivity contribution in [3.63, 3.8) is 0 Å². The molecule has 0 fully saturated rings. The van der Waals surface area contributed by atoms with E-state index in [2.05, 4.69) is 25.9 Å². The number of hydrogen-bond acceptors (Lipinski definition) is 4. The van der Waals surface area contributed by atoms with Crippen molar-refractivity contribution in [1.82, 2.24) is 9.97 Å². The summed E-state index contributed by atoms with van der Waals surface area (Å²) in [7, 11) is -3.12. The highest BCUT2D eigenvalue weighted by Gasteiger charge is 2.19. The second-order valence-corrected chi connectivity index (χ2v) is 5.94. The Morgan fingerprint density at radius 3 is 2.71 bits per heavy atom. The van der Waals surface area contributed by atoms with E-state index in [1.807, 2.05) is 0 Å². The van der Waals surface area contributed by atoms with Crippen molar-refractivity contribution in [1.29, 1.82) is 0 Å². The van der Waals surface area contributed by atoms with Crippen LogP contribution in [0.15, 0.2) is 12.3 Å². The first kappa shape index (κ1) is 11.6. The lowest BCUT2D eigenvalue weighted by Crippen LogP contribution is -2.11. The molecular formula is C8H11BrN2O2S. The number of aromatic nitrogens is 2. The zero-order chi connectivity index (χ0) is 10.8. The van der Waals surface area contributed by atoms with Crippen molar-refractivity contribution in [3.8, 4) is 0 Å². The lowest BCUT2D eigenvalue weighted by Gasteiger charge is -2.07. The van der Waals surface area contributed by atoms with Crippen molar-refractivity contribution in [2.45, 2.75) is 17.5 Å². The van der Waals surface area contributed by atoms with Gasteiger partial charge in [-0.05, 0) is 13.0 Å². The highest BCUT2D eigenvalue weighted by molar-refractivity contribution is 9.08. The summed E-state index contributed by atoms with van der Waals surface area (Å²) in [4.78, 5) is 8.06. The summed E-state index contributed by atoms with van der Waals surface area (Å²) in [5, 5.41) is -0.0552. The van der Waals surface area contributed by atoms with E-state index < -0.39 is 15.1 Å². The monoisotopic (exact) mass is 278 g/mol. The maximum atomic E-state index is 11.2. The normalized spacial score (nSPS) is 13.9. The molecule has 4 nitrogen and oxygen atoms in total. The minimum Gasteiger partial charge on any atom is -0.240 e. The van der Waals surface area contributed by atoms with Gasteiger partial charge in [0.1, 0.15) is 11.1 Å². The SMILES string of the molecule is CC(c1nccc(CBr)n1)S(C)(=O)=O. The molecule has 0 aliphatic carbocycles. The van der Waals surface area contributed by atoms with Crippen molar-refractivity contribution in [2.75, 3.05) is 6.26 Å². The summed E-state index contributed by atoms with van der Waals surface area (Å²) in [6, 6.07) is 1.74. The van der Waals surface area contributed by atoms with E-state index in [1.54, 1.807) is 19.2 Å². The van der Waals surface area contributed by atoms with Gasteiger partial charge in [0.05, 0.1) is 5.69 Å². The summed E-state index contributed by atoms with van der Waals surface area (Å²) in [5.41, 5.74) is 0.783. The van der Waals surface area contributed by atoms with Gasteiger partial charge in [-0.25, -0.2) is 18.4 Å². The van der Waals surface area contributed by atoms with E-state index in [1.165, 1.54) is 6.26 Å². The van der Waals surface area contributed by atoms with E-state index >= 15 is 0 Å². The molecule has 0 saturated heterocycles. The van der Waals surface area contributed by atoms with Gasteiger partial charge < -0.3 is 0 Å². The molecule has 0 radical (unpaired) electrons. The average molecular weight is 279 g/mol. The van der Waals surface area contributed by atoms with Crippen LogP contribution in [0.4, 0.5) is 0 Å². The molecule has 1 atom stereocenters. The minimum absolute atomic E-state index is 0.351. The number of nitrogens with zero attached hydrogens (tertiary/aromatic N) is 2. The van der Waals surface area contributed by atoms with Crippen molar-refractivity contribution in [2.24, 2.45) is 0 Å². The van der Waals surface area contributed by atoms with Crippen LogP contribution in [0.5, 0.6) is 0 Å². The van der Waals surface area contributed by atoms with E-state index in [0.29, 0.717) is 11.2 Å². The van der Waals surface area contributed by atoms with Crippen LogP contribution in [0.3, 0.4) is 0 Å². The second-order valence-electron chi connectivity index (χ2n) is 3.01. The van der Waals surface area contributed by atoms with Crippen molar-refractivity contribution < 1.29 is 8.42 Å². The van der Waals surface area contributed by atoms with Crippen LogP contribution < -0.4 is 0 Å². The van der Waals surface area contributed by atoms with Gasteiger partial charge in [0.2, 0.25) is 0 Å². The summed E-state index contributed by atoms with van der Waals surface area (Å²) < 4.78 is 22.5. The predicted octanol–water partition coefficient (Wildman–Crippen LogP) is 1.48. The third kappa shape index (κ3) is 2.75. The van der Waals surface area contributed by atoms with Crippen LogP contribution in [0.1, 0.15) is 23.7 Å². The fraction of sp³-hybridized carbons (Fsp3) is 0.500. The van der Waals surface area contributed by atoms with Gasteiger partial charge in [-0.3, -0.25) is 0 Å². The van der Waals surface area contributed by atoms with Crippen LogP contribution in [0.2, 0.25) is 0 Å². The second kappa shape index (κ2) is 4.35. The minimum atomic E-state index is -3.12. The average Bonchev–Trinajstić information content (AvgIpc) is 2.15. The molecule has 1 aromatic heterocycles. The Kier molecular flexibility index (Phi) is 3.60. The molecule has 0 aliphatic rings. The molecule has 0 saturated carbocycles. The smallest absolute Gasteiger partial charge is 0.157 e. The predicted molar refractivity (Wildman–Crippen MR) is 57.9 cm³/mol. The van der Waals surface area contributed by atoms with E-state index in [9.17, 15) is 8.42 Å². The van der Waals surface area contributed by atoms with Crippen LogP contribution in [-0.4, -0.2) is 24.6 Å². The Bertz CT molecular complexity index is 419. The Balaban J connectivity index is 3.08. The van der Waals surface area contributed by atoms with Gasteiger partial charge in [-0.1, -0.05) is 15.9 Å². The zero-order valence-corrected chi connectivity index (χ0v) is 10.3. The largest absolute Gasteiger partial charge is 0.240 e. The number of halogens is 1. The number of sulfone groups is 1. The van der Waals surface area contributed by atoms with Gasteiger partial charge in [0.25, 0.3) is 0 Å². The molecule has 0 aliphatic heterocycles. The van der Waals surface area contributed by atoms with Gasteiger partial charge in [-0.15, -0.1) is 0 Å². The first-order valence-electron chi connectivity index (χ1n) is 4.02. The van der Waals surface area contributed by atoms with Gasteiger partial charge in [-0.2, -0.15) is 0 Å². The van der Waals surface area contributed by atoms with Crippen molar-refractivity contribution >= 4 is 25.8 Å². The molecule has 1 rings (SSSR count). The first-order chi connectivity index (χ1) is 6.45. The van der Waals surface area contributed by atoms with Gasteiger partial charge >= 0.3 is 0 Å². The standard InChI is InChI=1S/C8H11BrN2O2S/c1-6(14(2,12)13)8-10-4-3-7(5-9)11-8/h3-4,6H,5H2,1-2H3. The molecule has 0 spiro atoms. The topological polar surface area (TPSA) is 59.9 Å². The quantitative estimate of drug-likeness (QED) is 0.786. The molecule has 78 valence electrons. The number of alkyl halides is 1. The lowest BCUT2D eigenvalue weighted by molar-refractivity contribution is 0.589. The Morgan fingerprint density at radius 1 is 1.57 bits per heavy atom. The van der Waals surface area contributed by atoms with Crippen molar-refractivity contribution in [3.05, 3.63) is 23.8 Å². The fourth-order valence-corrected chi connectivity index (χ4v) is 1.68. The maximum Gasteiger partial charge on any atom is 0.157 e. The summed E-state index contributed by atoms with van der Waals surface area (Å²) in [6.45, 7) is 1.59. The molecule has 14 heavy (non-hydrogen) atoms. The third-order valence-electron chi connectivity index (χ3n) is 1.87. The Labute approximate surface area is 91.8 Å². The first-order valence-corrected chi connectivity index (χ1v) is 7.09. The zero-order valence-electron chi connectivity index (χ0n) is 7.94. The van der Waals surface area contributed by atoms with Crippen LogP contribution >= 0.6 is 15.9 Å². The third-order valence-corrected chi connectivity index (χ3v) is 3.94. The molecule has 1 unspecified atom stereocenters. The molecule has 0 amide bonds. The molecule has 0 aromatic carbocycles. The molecule has 1 heterocycles. The van der Waals surface area contributed by atoms with Crippen LogP contribution in [0.25, 0.3) is 0 Å². The molecule has 0 bridgehead atoms. The highest BCUT2D eigenvalue weighted by Crippen LogP contribution is 2.16. The fourth-order valence-electron chi connectivity index (χ4n) is 0.875. The molecule has 1 aromatic rings. The Hall–Kier alpha value is -0.490. The van der Waals surface area contributed by atoms with E-state index in [-0.39, 0.29) is 0 Å². The van der Waals surface area contributed by atoms with E-state index in [4.69, 9.17) is 0 Å². The Morgan fingerprint density at radius 2 is 2.21 bits per heavy atom. The maximum absolute atomic E-state index is 11.2. The summed E-state index contributed by atoms with van der Waals surface area (Å²) in [6.07, 6.45) is 2.75. The molecule has 0 N–H and O–H groups in total.